The summed E-state index contributed by atoms with van der Waals surface area (Å²) in [7, 11) is 3.35. The van der Waals surface area contributed by atoms with Crippen LogP contribution in [0.4, 0.5) is 10.1 Å². The molecule has 1 N–H and O–H groups in total. The SMILES string of the molecule is COc1cc(C(=O)NC2CC3(CCN(C)CC3)C2)c(F)cc1[N+](=O)[O-]. The molecule has 2 fully saturated rings. The minimum Gasteiger partial charge on any atom is -0.490 e. The Morgan fingerprint density at radius 1 is 1.40 bits per heavy atom. The van der Waals surface area contributed by atoms with Crippen LogP contribution >= 0.6 is 0 Å². The van der Waals surface area contributed by atoms with Crippen LogP contribution in [0.2, 0.25) is 0 Å². The summed E-state index contributed by atoms with van der Waals surface area (Å²) in [6, 6.07) is 1.84. The average Bonchev–Trinajstić information content (AvgIpc) is 2.55. The zero-order valence-corrected chi connectivity index (χ0v) is 14.4. The van der Waals surface area contributed by atoms with Crippen molar-refractivity contribution in [3.8, 4) is 5.75 Å². The number of piperidine rings is 1. The van der Waals surface area contributed by atoms with Gasteiger partial charge in [0.2, 0.25) is 0 Å². The molecule has 1 saturated carbocycles. The first-order valence-corrected chi connectivity index (χ1v) is 8.35. The largest absolute Gasteiger partial charge is 0.490 e. The predicted molar refractivity (Wildman–Crippen MR) is 89.3 cm³/mol. The van der Waals surface area contributed by atoms with E-state index in [-0.39, 0.29) is 17.4 Å². The Morgan fingerprint density at radius 3 is 2.60 bits per heavy atom. The summed E-state index contributed by atoms with van der Waals surface area (Å²) < 4.78 is 19.0. The minimum absolute atomic E-state index is 0.0245. The van der Waals surface area contributed by atoms with E-state index in [0.29, 0.717) is 5.41 Å². The minimum atomic E-state index is -0.918. The Morgan fingerprint density at radius 2 is 2.04 bits per heavy atom. The Bertz CT molecular complexity index is 693. The number of nitrogens with zero attached hydrogens (tertiary/aromatic N) is 2. The number of methoxy groups -OCH3 is 1. The van der Waals surface area contributed by atoms with Gasteiger partial charge in [-0.25, -0.2) is 4.39 Å². The fourth-order valence-electron chi connectivity index (χ4n) is 3.87. The van der Waals surface area contributed by atoms with Gasteiger partial charge in [0.15, 0.2) is 5.75 Å². The smallest absolute Gasteiger partial charge is 0.313 e. The first-order valence-electron chi connectivity index (χ1n) is 8.35. The summed E-state index contributed by atoms with van der Waals surface area (Å²) in [4.78, 5) is 24.8. The Balaban J connectivity index is 1.65. The molecule has 8 heteroatoms. The van der Waals surface area contributed by atoms with E-state index in [4.69, 9.17) is 4.74 Å². The number of halogens is 1. The van der Waals surface area contributed by atoms with Gasteiger partial charge >= 0.3 is 5.69 Å². The summed E-state index contributed by atoms with van der Waals surface area (Å²) >= 11 is 0. The van der Waals surface area contributed by atoms with Gasteiger partial charge in [0, 0.05) is 12.1 Å². The molecule has 1 aliphatic carbocycles. The van der Waals surface area contributed by atoms with Gasteiger partial charge in [-0.15, -0.1) is 0 Å². The third-order valence-electron chi connectivity index (χ3n) is 5.45. The van der Waals surface area contributed by atoms with E-state index < -0.39 is 22.3 Å². The topological polar surface area (TPSA) is 84.7 Å². The highest BCUT2D eigenvalue weighted by atomic mass is 19.1. The molecule has 0 atom stereocenters. The zero-order chi connectivity index (χ0) is 18.2. The molecule has 2 aliphatic rings. The molecule has 1 spiro atoms. The van der Waals surface area contributed by atoms with Crippen LogP contribution in [0.3, 0.4) is 0 Å². The summed E-state index contributed by atoms with van der Waals surface area (Å²) in [5.41, 5.74) is -0.423. The Kier molecular flexibility index (Phi) is 4.64. The first-order chi connectivity index (χ1) is 11.8. The van der Waals surface area contributed by atoms with Gasteiger partial charge in [0.25, 0.3) is 5.91 Å². The van der Waals surface area contributed by atoms with Crippen molar-refractivity contribution >= 4 is 11.6 Å². The standard InChI is InChI=1S/C17H22FN3O4/c1-20-5-3-17(4-6-20)9-11(10-17)19-16(22)12-7-15(25-2)14(21(23)24)8-13(12)18/h7-8,11H,3-6,9-10H2,1-2H3,(H,19,22). The van der Waals surface area contributed by atoms with Gasteiger partial charge in [0.1, 0.15) is 5.82 Å². The normalized spacial score (nSPS) is 20.1. The highest BCUT2D eigenvalue weighted by molar-refractivity contribution is 5.95. The Labute approximate surface area is 145 Å². The summed E-state index contributed by atoms with van der Waals surface area (Å²) in [6.07, 6.45) is 4.04. The van der Waals surface area contributed by atoms with Gasteiger partial charge in [-0.2, -0.15) is 0 Å². The van der Waals surface area contributed by atoms with E-state index in [0.717, 1.165) is 50.9 Å². The van der Waals surface area contributed by atoms with Crippen molar-refractivity contribution in [3.63, 3.8) is 0 Å². The highest BCUT2D eigenvalue weighted by Gasteiger charge is 2.46. The van der Waals surface area contributed by atoms with Crippen LogP contribution in [0.1, 0.15) is 36.0 Å². The number of hydrogen-bond donors (Lipinski definition) is 1. The molecular weight excluding hydrogens is 329 g/mol. The molecule has 1 saturated heterocycles. The van der Waals surface area contributed by atoms with E-state index in [9.17, 15) is 19.3 Å². The molecule has 1 aliphatic heterocycles. The van der Waals surface area contributed by atoms with Crippen LogP contribution in [-0.2, 0) is 0 Å². The van der Waals surface area contributed by atoms with E-state index >= 15 is 0 Å². The number of nitro groups is 1. The molecule has 1 amide bonds. The van der Waals surface area contributed by atoms with Gasteiger partial charge in [-0.05, 0) is 51.2 Å². The number of likely N-dealkylation sites (tertiary alicyclic amines) is 1. The number of benzene rings is 1. The van der Waals surface area contributed by atoms with Gasteiger partial charge in [-0.1, -0.05) is 0 Å². The summed E-state index contributed by atoms with van der Waals surface area (Å²) in [5, 5.41) is 13.7. The third kappa shape index (κ3) is 3.44. The second-order valence-electron chi connectivity index (χ2n) is 7.14. The molecule has 136 valence electrons. The van der Waals surface area contributed by atoms with Crippen LogP contribution in [0, 0.1) is 21.3 Å². The van der Waals surface area contributed by atoms with Crippen LogP contribution in [0.5, 0.6) is 5.75 Å². The molecule has 0 radical (unpaired) electrons. The second-order valence-corrected chi connectivity index (χ2v) is 7.14. The van der Waals surface area contributed by atoms with Crippen LogP contribution in [0.25, 0.3) is 0 Å². The second kappa shape index (κ2) is 6.59. The van der Waals surface area contributed by atoms with Crippen LogP contribution in [0.15, 0.2) is 12.1 Å². The maximum Gasteiger partial charge on any atom is 0.313 e. The highest BCUT2D eigenvalue weighted by Crippen LogP contribution is 2.49. The maximum absolute atomic E-state index is 14.1. The van der Waals surface area contributed by atoms with Gasteiger partial charge in [0.05, 0.1) is 23.7 Å². The van der Waals surface area contributed by atoms with Crippen molar-refractivity contribution in [1.29, 1.82) is 0 Å². The maximum atomic E-state index is 14.1. The third-order valence-corrected chi connectivity index (χ3v) is 5.45. The molecule has 0 unspecified atom stereocenters. The van der Waals surface area contributed by atoms with Gasteiger partial charge in [-0.3, -0.25) is 14.9 Å². The number of ether oxygens (including phenoxy) is 1. The van der Waals surface area contributed by atoms with Crippen molar-refractivity contribution in [3.05, 3.63) is 33.6 Å². The van der Waals surface area contributed by atoms with E-state index in [1.54, 1.807) is 0 Å². The zero-order valence-electron chi connectivity index (χ0n) is 14.4. The number of rotatable bonds is 4. The molecule has 1 aromatic rings. The van der Waals surface area contributed by atoms with E-state index in [1.165, 1.54) is 7.11 Å². The van der Waals surface area contributed by atoms with Crippen molar-refractivity contribution in [1.82, 2.24) is 10.2 Å². The van der Waals surface area contributed by atoms with Crippen molar-refractivity contribution in [2.24, 2.45) is 5.41 Å². The van der Waals surface area contributed by atoms with Gasteiger partial charge < -0.3 is 15.0 Å². The van der Waals surface area contributed by atoms with Crippen molar-refractivity contribution in [2.75, 3.05) is 27.2 Å². The fourth-order valence-corrected chi connectivity index (χ4v) is 3.87. The molecule has 1 aromatic carbocycles. The predicted octanol–water partition coefficient (Wildman–Crippen LogP) is 2.35. The Hall–Kier alpha value is -2.22. The summed E-state index contributed by atoms with van der Waals surface area (Å²) in [6.45, 7) is 2.13. The lowest BCUT2D eigenvalue weighted by atomic mass is 9.60. The lowest BCUT2D eigenvalue weighted by Crippen LogP contribution is -2.54. The lowest BCUT2D eigenvalue weighted by molar-refractivity contribution is -0.385. The number of nitrogens with one attached hydrogen (secondary N) is 1. The van der Waals surface area contributed by atoms with Crippen molar-refractivity contribution in [2.45, 2.75) is 31.7 Å². The van der Waals surface area contributed by atoms with E-state index in [1.807, 2.05) is 0 Å². The summed E-state index contributed by atoms with van der Waals surface area (Å²) in [5.74, 6) is -1.60. The number of amides is 1. The number of hydrogen-bond acceptors (Lipinski definition) is 5. The monoisotopic (exact) mass is 351 g/mol. The lowest BCUT2D eigenvalue weighted by Gasteiger charge is -2.52. The number of carbonyl (C=O) groups excluding carboxylic acids is 1. The number of nitro benzene ring substituents is 1. The molecule has 25 heavy (non-hydrogen) atoms. The first kappa shape index (κ1) is 17.6. The molecule has 7 nitrogen and oxygen atoms in total. The van der Waals surface area contributed by atoms with Crippen LogP contribution < -0.4 is 10.1 Å². The molecule has 0 aromatic heterocycles. The van der Waals surface area contributed by atoms with E-state index in [2.05, 4.69) is 17.3 Å². The fraction of sp³-hybridized carbons (Fsp3) is 0.588. The molecule has 1 heterocycles. The molecule has 0 bridgehead atoms. The van der Waals surface area contributed by atoms with Crippen LogP contribution in [-0.4, -0.2) is 49.0 Å². The quantitative estimate of drug-likeness (QED) is 0.665. The molecule has 3 rings (SSSR count). The average molecular weight is 351 g/mol. The molecular formula is C17H22FN3O4. The number of carbonyl (C=O) groups is 1. The van der Waals surface area contributed by atoms with Crippen molar-refractivity contribution < 1.29 is 18.8 Å².